The third kappa shape index (κ3) is 5.76. The summed E-state index contributed by atoms with van der Waals surface area (Å²) in [7, 11) is 4.12. The van der Waals surface area contributed by atoms with Gasteiger partial charge in [-0.3, -0.25) is 9.69 Å². The molecule has 3 aromatic rings. The first-order chi connectivity index (χ1) is 13.9. The number of thiazole rings is 1. The molecular weight excluding hydrogens is 434 g/mol. The minimum absolute atomic E-state index is 0. The van der Waals surface area contributed by atoms with Gasteiger partial charge in [0.15, 0.2) is 5.13 Å². The van der Waals surface area contributed by atoms with Crippen molar-refractivity contribution in [2.24, 2.45) is 0 Å². The predicted molar refractivity (Wildman–Crippen MR) is 134 cm³/mol. The maximum Gasteiger partial charge on any atom is 0.261 e. The standard InChI is InChI=1S/C23H29N3OS2.ClH/c1-6-28-19-11-8-7-10-18(19)22(27)26(13-9-12-25(4)5)23-24-21-17(3)14-16(2)15-20(21)29-23;/h7-8,10-11,14-15H,6,9,12-13H2,1-5H3;1H. The first kappa shape index (κ1) is 24.7. The highest BCUT2D eigenvalue weighted by Gasteiger charge is 2.23. The number of hydrogen-bond acceptors (Lipinski definition) is 5. The van der Waals surface area contributed by atoms with Crippen molar-refractivity contribution >= 4 is 56.8 Å². The number of aryl methyl sites for hydroxylation is 2. The van der Waals surface area contributed by atoms with Crippen LogP contribution in [0.1, 0.15) is 34.8 Å². The highest BCUT2D eigenvalue weighted by molar-refractivity contribution is 7.99. The molecule has 7 heteroatoms. The summed E-state index contributed by atoms with van der Waals surface area (Å²) in [5, 5.41) is 0.786. The van der Waals surface area contributed by atoms with Gasteiger partial charge in [0.1, 0.15) is 0 Å². The number of thioether (sulfide) groups is 1. The van der Waals surface area contributed by atoms with Gasteiger partial charge in [0.25, 0.3) is 5.91 Å². The quantitative estimate of drug-likeness (QED) is 0.381. The third-order valence-electron chi connectivity index (χ3n) is 4.70. The Labute approximate surface area is 194 Å². The molecule has 3 rings (SSSR count). The Morgan fingerprint density at radius 2 is 1.87 bits per heavy atom. The minimum Gasteiger partial charge on any atom is -0.309 e. The number of rotatable bonds is 8. The Bertz CT molecular complexity index is 1000. The van der Waals surface area contributed by atoms with Crippen LogP contribution in [0.2, 0.25) is 0 Å². The van der Waals surface area contributed by atoms with E-state index in [1.54, 1.807) is 23.1 Å². The van der Waals surface area contributed by atoms with E-state index in [-0.39, 0.29) is 18.3 Å². The number of carbonyl (C=O) groups excluding carboxylic acids is 1. The van der Waals surface area contributed by atoms with Crippen LogP contribution in [-0.2, 0) is 0 Å². The zero-order chi connectivity index (χ0) is 21.0. The molecule has 2 aromatic carbocycles. The SMILES string of the molecule is CCSc1ccccc1C(=O)N(CCCN(C)C)c1nc2c(C)cc(C)cc2s1.Cl. The smallest absolute Gasteiger partial charge is 0.261 e. The Morgan fingerprint density at radius 3 is 2.57 bits per heavy atom. The lowest BCUT2D eigenvalue weighted by Gasteiger charge is -2.22. The number of halogens is 1. The third-order valence-corrected chi connectivity index (χ3v) is 6.68. The van der Waals surface area contributed by atoms with Gasteiger partial charge in [-0.15, -0.1) is 24.2 Å². The maximum absolute atomic E-state index is 13.6. The van der Waals surface area contributed by atoms with Crippen LogP contribution in [0.3, 0.4) is 0 Å². The maximum atomic E-state index is 13.6. The molecule has 1 amide bonds. The van der Waals surface area contributed by atoms with Crippen molar-refractivity contribution in [1.29, 1.82) is 0 Å². The lowest BCUT2D eigenvalue weighted by molar-refractivity contribution is 0.0983. The molecule has 4 nitrogen and oxygen atoms in total. The zero-order valence-corrected chi connectivity index (χ0v) is 20.7. The van der Waals surface area contributed by atoms with E-state index in [0.717, 1.165) is 50.1 Å². The van der Waals surface area contributed by atoms with Crippen LogP contribution in [0.25, 0.3) is 10.2 Å². The molecule has 0 aliphatic rings. The van der Waals surface area contributed by atoms with Crippen molar-refractivity contribution in [2.45, 2.75) is 32.1 Å². The van der Waals surface area contributed by atoms with Crippen LogP contribution in [-0.4, -0.2) is 48.7 Å². The summed E-state index contributed by atoms with van der Waals surface area (Å²) in [5.74, 6) is 0.971. The van der Waals surface area contributed by atoms with E-state index in [1.807, 2.05) is 29.2 Å². The number of anilines is 1. The van der Waals surface area contributed by atoms with Crippen LogP contribution in [0, 0.1) is 13.8 Å². The van der Waals surface area contributed by atoms with Crippen LogP contribution in [0.5, 0.6) is 0 Å². The normalized spacial score (nSPS) is 11.0. The van der Waals surface area contributed by atoms with Gasteiger partial charge >= 0.3 is 0 Å². The molecule has 0 fully saturated rings. The second kappa shape index (κ2) is 11.1. The zero-order valence-electron chi connectivity index (χ0n) is 18.3. The lowest BCUT2D eigenvalue weighted by atomic mass is 10.1. The Kier molecular flexibility index (Phi) is 9.16. The summed E-state index contributed by atoms with van der Waals surface area (Å²) in [6, 6.07) is 12.2. The van der Waals surface area contributed by atoms with E-state index in [9.17, 15) is 4.79 Å². The monoisotopic (exact) mass is 463 g/mol. The molecule has 0 unspecified atom stereocenters. The van der Waals surface area contributed by atoms with Crippen molar-refractivity contribution in [3.05, 3.63) is 53.1 Å². The Morgan fingerprint density at radius 1 is 1.13 bits per heavy atom. The molecule has 0 spiro atoms. The van der Waals surface area contributed by atoms with Gasteiger partial charge in [0, 0.05) is 11.4 Å². The fourth-order valence-corrected chi connectivity index (χ4v) is 5.34. The van der Waals surface area contributed by atoms with Crippen molar-refractivity contribution in [2.75, 3.05) is 37.8 Å². The summed E-state index contributed by atoms with van der Waals surface area (Å²) in [4.78, 5) is 23.5. The molecule has 0 atom stereocenters. The van der Waals surface area contributed by atoms with Crippen LogP contribution >= 0.6 is 35.5 Å². The molecule has 0 aliphatic carbocycles. The van der Waals surface area contributed by atoms with E-state index in [4.69, 9.17) is 4.98 Å². The summed E-state index contributed by atoms with van der Waals surface area (Å²) in [6.07, 6.45) is 0.899. The van der Waals surface area contributed by atoms with E-state index in [2.05, 4.69) is 51.9 Å². The van der Waals surface area contributed by atoms with E-state index in [1.165, 1.54) is 5.56 Å². The first-order valence-electron chi connectivity index (χ1n) is 9.97. The molecule has 0 saturated heterocycles. The molecule has 30 heavy (non-hydrogen) atoms. The van der Waals surface area contributed by atoms with Gasteiger partial charge in [-0.2, -0.15) is 0 Å². The van der Waals surface area contributed by atoms with Crippen LogP contribution in [0.15, 0.2) is 41.3 Å². The minimum atomic E-state index is 0. The number of nitrogens with zero attached hydrogens (tertiary/aromatic N) is 3. The highest BCUT2D eigenvalue weighted by Crippen LogP contribution is 2.33. The Hall–Kier alpha value is -1.60. The van der Waals surface area contributed by atoms with Crippen molar-refractivity contribution in [1.82, 2.24) is 9.88 Å². The van der Waals surface area contributed by atoms with Crippen molar-refractivity contribution < 1.29 is 4.79 Å². The number of aromatic nitrogens is 1. The van der Waals surface area contributed by atoms with Gasteiger partial charge in [-0.1, -0.05) is 36.5 Å². The number of benzene rings is 2. The largest absolute Gasteiger partial charge is 0.309 e. The van der Waals surface area contributed by atoms with Gasteiger partial charge in [0.2, 0.25) is 0 Å². The van der Waals surface area contributed by atoms with Gasteiger partial charge in [0.05, 0.1) is 15.8 Å². The molecule has 0 aliphatic heterocycles. The van der Waals surface area contributed by atoms with E-state index >= 15 is 0 Å². The summed E-state index contributed by atoms with van der Waals surface area (Å²) in [6.45, 7) is 7.88. The highest BCUT2D eigenvalue weighted by atomic mass is 35.5. The second-order valence-corrected chi connectivity index (χ2v) is 9.78. The predicted octanol–water partition coefficient (Wildman–Crippen LogP) is 6.05. The van der Waals surface area contributed by atoms with Crippen molar-refractivity contribution in [3.8, 4) is 0 Å². The summed E-state index contributed by atoms with van der Waals surface area (Å²) < 4.78 is 1.14. The van der Waals surface area contributed by atoms with Crippen molar-refractivity contribution in [3.63, 3.8) is 0 Å². The summed E-state index contributed by atoms with van der Waals surface area (Å²) in [5.41, 5.74) is 4.14. The van der Waals surface area contributed by atoms with Gasteiger partial charge in [-0.25, -0.2) is 4.98 Å². The molecule has 1 heterocycles. The Balaban J connectivity index is 0.00000320. The first-order valence-corrected chi connectivity index (χ1v) is 11.8. The average Bonchev–Trinajstić information content (AvgIpc) is 3.09. The molecule has 0 N–H and O–H groups in total. The molecular formula is C23H30ClN3OS2. The molecule has 0 saturated carbocycles. The number of hydrogen-bond donors (Lipinski definition) is 0. The number of fused-ring (bicyclic) bond motifs is 1. The molecule has 1 aromatic heterocycles. The molecule has 0 bridgehead atoms. The van der Waals surface area contributed by atoms with Crippen LogP contribution in [0.4, 0.5) is 5.13 Å². The number of amides is 1. The summed E-state index contributed by atoms with van der Waals surface area (Å²) >= 11 is 3.32. The van der Waals surface area contributed by atoms with E-state index in [0.29, 0.717) is 6.54 Å². The second-order valence-electron chi connectivity index (χ2n) is 7.47. The number of carbonyl (C=O) groups is 1. The van der Waals surface area contributed by atoms with Gasteiger partial charge < -0.3 is 4.90 Å². The van der Waals surface area contributed by atoms with E-state index < -0.39 is 0 Å². The van der Waals surface area contributed by atoms with Gasteiger partial charge in [-0.05, 0) is 76.0 Å². The topological polar surface area (TPSA) is 36.4 Å². The van der Waals surface area contributed by atoms with Crippen LogP contribution < -0.4 is 4.90 Å². The average molecular weight is 464 g/mol. The fourth-order valence-electron chi connectivity index (χ4n) is 3.37. The molecule has 0 radical (unpaired) electrons. The lowest BCUT2D eigenvalue weighted by Crippen LogP contribution is -2.33. The molecule has 162 valence electrons. The fraction of sp³-hybridized carbons (Fsp3) is 0.391.